The second-order valence-corrected chi connectivity index (χ2v) is 7.85. The van der Waals surface area contributed by atoms with E-state index in [4.69, 9.17) is 0 Å². The van der Waals surface area contributed by atoms with Crippen molar-refractivity contribution in [2.24, 2.45) is 5.92 Å². The lowest BCUT2D eigenvalue weighted by Crippen LogP contribution is -2.31. The Morgan fingerprint density at radius 3 is 1.41 bits per heavy atom. The van der Waals surface area contributed by atoms with Gasteiger partial charge in [0, 0.05) is 50.5 Å². The molecule has 0 spiro atoms. The van der Waals surface area contributed by atoms with Gasteiger partial charge in [0.15, 0.2) is 0 Å². The predicted molar refractivity (Wildman–Crippen MR) is 108 cm³/mol. The van der Waals surface area contributed by atoms with Gasteiger partial charge in [0.05, 0.1) is 0 Å². The summed E-state index contributed by atoms with van der Waals surface area (Å²) in [6, 6.07) is 0. The summed E-state index contributed by atoms with van der Waals surface area (Å²) in [4.78, 5) is 51.8. The zero-order valence-corrected chi connectivity index (χ0v) is 16.8. The zero-order valence-electron chi connectivity index (χ0n) is 16.8. The molecule has 0 unspecified atom stereocenters. The summed E-state index contributed by atoms with van der Waals surface area (Å²) in [5, 5.41) is 0. The number of carbonyl (C=O) groups excluding carboxylic acids is 4. The van der Waals surface area contributed by atoms with Crippen molar-refractivity contribution in [2.75, 3.05) is 32.7 Å². The second kappa shape index (κ2) is 10.3. The zero-order chi connectivity index (χ0) is 20.6. The third-order valence-corrected chi connectivity index (χ3v) is 5.77. The van der Waals surface area contributed by atoms with Crippen molar-refractivity contribution >= 4 is 23.6 Å². The average molecular weight is 399 g/mol. The van der Waals surface area contributed by atoms with Crippen molar-refractivity contribution in [3.8, 4) is 0 Å². The number of imide groups is 2. The maximum Gasteiger partial charge on any atom is 0.253 e. The first-order valence-corrected chi connectivity index (χ1v) is 10.5. The van der Waals surface area contributed by atoms with Crippen LogP contribution in [0.1, 0.15) is 38.5 Å². The van der Waals surface area contributed by atoms with E-state index < -0.39 is 0 Å². The molecule has 29 heavy (non-hydrogen) atoms. The molecule has 0 N–H and O–H groups in total. The lowest BCUT2D eigenvalue weighted by atomic mass is 9.92. The number of carbonyl (C=O) groups is 4. The summed E-state index contributed by atoms with van der Waals surface area (Å²) in [6.45, 7) is 3.99. The fourth-order valence-corrected chi connectivity index (χ4v) is 4.12. The molecule has 7 nitrogen and oxygen atoms in total. The molecule has 0 aromatic rings. The van der Waals surface area contributed by atoms with E-state index in [1.807, 2.05) is 0 Å². The van der Waals surface area contributed by atoms with E-state index in [0.717, 1.165) is 58.2 Å². The molecule has 7 heteroatoms. The van der Waals surface area contributed by atoms with E-state index in [-0.39, 0.29) is 23.6 Å². The molecule has 0 radical (unpaired) electrons. The molecular weight excluding hydrogens is 370 g/mol. The highest BCUT2D eigenvalue weighted by Crippen LogP contribution is 2.22. The van der Waals surface area contributed by atoms with Crippen LogP contribution in [0, 0.1) is 5.92 Å². The lowest BCUT2D eigenvalue weighted by molar-refractivity contribution is -0.138. The normalized spacial score (nSPS) is 19.2. The van der Waals surface area contributed by atoms with Crippen LogP contribution in [-0.2, 0) is 19.2 Å². The highest BCUT2D eigenvalue weighted by molar-refractivity contribution is 6.13. The van der Waals surface area contributed by atoms with E-state index in [2.05, 4.69) is 17.1 Å². The highest BCUT2D eigenvalue weighted by atomic mass is 16.2. The fraction of sp³-hybridized carbons (Fsp3) is 0.545. The van der Waals surface area contributed by atoms with Gasteiger partial charge in [0.2, 0.25) is 0 Å². The third-order valence-electron chi connectivity index (χ3n) is 5.77. The summed E-state index contributed by atoms with van der Waals surface area (Å²) in [6.07, 6.45) is 15.2. The Balaban J connectivity index is 1.41. The minimum atomic E-state index is -0.230. The Bertz CT molecular complexity index is 648. The van der Waals surface area contributed by atoms with Crippen LogP contribution >= 0.6 is 0 Å². The number of hydrogen-bond acceptors (Lipinski definition) is 5. The molecule has 0 bridgehead atoms. The van der Waals surface area contributed by atoms with Gasteiger partial charge in [-0.25, -0.2) is 0 Å². The van der Waals surface area contributed by atoms with Crippen LogP contribution in [0.2, 0.25) is 0 Å². The first-order valence-electron chi connectivity index (χ1n) is 10.5. The topological polar surface area (TPSA) is 78.0 Å². The Kier molecular flexibility index (Phi) is 7.52. The van der Waals surface area contributed by atoms with Gasteiger partial charge in [-0.2, -0.15) is 0 Å². The van der Waals surface area contributed by atoms with Gasteiger partial charge in [-0.1, -0.05) is 12.2 Å². The molecule has 0 saturated carbocycles. The van der Waals surface area contributed by atoms with Crippen LogP contribution in [0.25, 0.3) is 0 Å². The van der Waals surface area contributed by atoms with Crippen LogP contribution in [0.3, 0.4) is 0 Å². The Hall–Kier alpha value is -2.54. The Morgan fingerprint density at radius 1 is 0.621 bits per heavy atom. The largest absolute Gasteiger partial charge is 0.296 e. The molecule has 156 valence electrons. The predicted octanol–water partition coefficient (Wildman–Crippen LogP) is 1.66. The Labute approximate surface area is 171 Å². The summed E-state index contributed by atoms with van der Waals surface area (Å²) >= 11 is 0. The minimum Gasteiger partial charge on any atom is -0.296 e. The van der Waals surface area contributed by atoms with Crippen molar-refractivity contribution in [2.45, 2.75) is 38.5 Å². The lowest BCUT2D eigenvalue weighted by Gasteiger charge is -2.22. The van der Waals surface area contributed by atoms with Crippen LogP contribution in [-0.4, -0.2) is 71.1 Å². The van der Waals surface area contributed by atoms with Gasteiger partial charge < -0.3 is 0 Å². The molecule has 0 saturated heterocycles. The quantitative estimate of drug-likeness (QED) is 0.368. The fourth-order valence-electron chi connectivity index (χ4n) is 4.12. The molecule has 0 aliphatic carbocycles. The highest BCUT2D eigenvalue weighted by Gasteiger charge is 2.24. The number of nitrogens with zero attached hydrogens (tertiary/aromatic N) is 3. The molecule has 0 fully saturated rings. The maximum atomic E-state index is 11.7. The average Bonchev–Trinajstić information content (AvgIpc) is 3.40. The third kappa shape index (κ3) is 5.97. The summed E-state index contributed by atoms with van der Waals surface area (Å²) in [5.41, 5.74) is 0. The smallest absolute Gasteiger partial charge is 0.253 e. The number of amides is 4. The summed E-state index contributed by atoms with van der Waals surface area (Å²) in [7, 11) is 0. The van der Waals surface area contributed by atoms with E-state index >= 15 is 0 Å². The van der Waals surface area contributed by atoms with Crippen LogP contribution in [0.4, 0.5) is 0 Å². The standard InChI is InChI=1S/C22H29N3O4/c26-19-9-10-20(27)24(19)16-4-7-18(6-3-15-23-13-1-2-14-23)8-5-17-25-21(28)11-12-22(25)29/h1-2,9-12,18H,3-8,13-17H2. The van der Waals surface area contributed by atoms with E-state index in [1.165, 1.54) is 34.1 Å². The van der Waals surface area contributed by atoms with Crippen molar-refractivity contribution in [3.63, 3.8) is 0 Å². The molecule has 3 heterocycles. The van der Waals surface area contributed by atoms with Crippen molar-refractivity contribution in [1.82, 2.24) is 14.7 Å². The van der Waals surface area contributed by atoms with Gasteiger partial charge >= 0.3 is 0 Å². The Morgan fingerprint density at radius 2 is 1.00 bits per heavy atom. The molecule has 3 rings (SSSR count). The van der Waals surface area contributed by atoms with Crippen molar-refractivity contribution in [1.29, 1.82) is 0 Å². The molecule has 3 aliphatic rings. The number of hydrogen-bond donors (Lipinski definition) is 0. The second-order valence-electron chi connectivity index (χ2n) is 7.85. The summed E-state index contributed by atoms with van der Waals surface area (Å²) < 4.78 is 0. The molecule has 0 atom stereocenters. The molecule has 0 aromatic heterocycles. The van der Waals surface area contributed by atoms with E-state index in [0.29, 0.717) is 19.0 Å². The van der Waals surface area contributed by atoms with Gasteiger partial charge in [0.25, 0.3) is 23.6 Å². The SMILES string of the molecule is O=C1C=CC(=O)N1CCCC(CCCN1CC=CC1)CCCN1C(=O)C=CC1=O. The van der Waals surface area contributed by atoms with Crippen LogP contribution in [0.5, 0.6) is 0 Å². The molecule has 4 amide bonds. The molecule has 0 aromatic carbocycles. The van der Waals surface area contributed by atoms with Gasteiger partial charge in [-0.15, -0.1) is 0 Å². The summed E-state index contributed by atoms with van der Waals surface area (Å²) in [5.74, 6) is -0.469. The van der Waals surface area contributed by atoms with Crippen LogP contribution < -0.4 is 0 Å². The van der Waals surface area contributed by atoms with E-state index in [1.54, 1.807) is 0 Å². The van der Waals surface area contributed by atoms with E-state index in [9.17, 15) is 19.2 Å². The molecular formula is C22H29N3O4. The maximum absolute atomic E-state index is 11.7. The first kappa shape index (κ1) is 21.2. The molecule has 3 aliphatic heterocycles. The van der Waals surface area contributed by atoms with Gasteiger partial charge in [-0.05, 0) is 51.0 Å². The van der Waals surface area contributed by atoms with Gasteiger partial charge in [-0.3, -0.25) is 33.9 Å². The minimum absolute atomic E-state index is 0.230. The van der Waals surface area contributed by atoms with Gasteiger partial charge in [0.1, 0.15) is 0 Å². The van der Waals surface area contributed by atoms with Crippen molar-refractivity contribution < 1.29 is 19.2 Å². The van der Waals surface area contributed by atoms with Crippen molar-refractivity contribution in [3.05, 3.63) is 36.5 Å². The number of rotatable bonds is 12. The first-order chi connectivity index (χ1) is 14.0. The van der Waals surface area contributed by atoms with Crippen LogP contribution in [0.15, 0.2) is 36.5 Å². The monoisotopic (exact) mass is 399 g/mol.